The Morgan fingerprint density at radius 3 is 2.57 bits per heavy atom. The van der Waals surface area contributed by atoms with Crippen LogP contribution in [0, 0.1) is 6.92 Å². The van der Waals surface area contributed by atoms with Crippen LogP contribution in [0.15, 0.2) is 11.4 Å². The van der Waals surface area contributed by atoms with Gasteiger partial charge in [0, 0.05) is 10.3 Å². The van der Waals surface area contributed by atoms with Crippen molar-refractivity contribution in [2.45, 2.75) is 0 Å². The minimum atomic E-state index is 0.787. The Labute approximate surface area is 51.7 Å². The summed E-state index contributed by atoms with van der Waals surface area (Å²) in [6, 6.07) is 1.84. The minimum absolute atomic E-state index is 0.787. The lowest BCUT2D eigenvalue weighted by Gasteiger charge is -1.68. The van der Waals surface area contributed by atoms with Gasteiger partial charge in [-0.3, -0.25) is 0 Å². The summed E-state index contributed by atoms with van der Waals surface area (Å²) < 4.78 is 0. The second-order valence-electron chi connectivity index (χ2n) is 1.23. The average molecular weight is 132 g/mol. The first-order chi connectivity index (χ1) is 3.29. The fourth-order valence-corrected chi connectivity index (χ4v) is 1.21. The second-order valence-corrected chi connectivity index (χ2v) is 2.66. The fourth-order valence-electron chi connectivity index (χ4n) is 0.354. The van der Waals surface area contributed by atoms with Gasteiger partial charge in [0.1, 0.15) is 0 Å². The van der Waals surface area contributed by atoms with Crippen LogP contribution < -0.4 is 0 Å². The van der Waals surface area contributed by atoms with Gasteiger partial charge < -0.3 is 0 Å². The van der Waals surface area contributed by atoms with Crippen LogP contribution in [0.5, 0.6) is 0 Å². The molecule has 0 unspecified atom stereocenters. The maximum Gasteiger partial charge on any atom is 0.0515 e. The Bertz CT molecular complexity index is 140. The Kier molecular flexibility index (Phi) is 1.35. The zero-order valence-corrected chi connectivity index (χ0v) is 5.22. The molecule has 0 aromatic carbocycles. The summed E-state index contributed by atoms with van der Waals surface area (Å²) in [6.45, 7) is 3.68. The summed E-state index contributed by atoms with van der Waals surface area (Å²) in [6.07, 6.45) is 0. The van der Waals surface area contributed by atoms with Gasteiger partial charge in [-0.15, -0.1) is 11.3 Å². The largest absolute Gasteiger partial charge is 0.147 e. The molecule has 0 saturated heterocycles. The molecule has 0 spiro atoms. The van der Waals surface area contributed by atoms with Crippen LogP contribution in [0.1, 0.15) is 4.88 Å². The zero-order valence-electron chi connectivity index (χ0n) is 3.65. The van der Waals surface area contributed by atoms with Gasteiger partial charge in [0.2, 0.25) is 0 Å². The molecular weight excluding hydrogens is 128 g/mol. The van der Waals surface area contributed by atoms with E-state index in [0.717, 1.165) is 9.90 Å². The first-order valence-corrected chi connectivity index (χ1v) is 3.11. The molecule has 0 aliphatic heterocycles. The lowest BCUT2D eigenvalue weighted by atomic mass is 10.5. The predicted molar refractivity (Wildman–Crippen MR) is 33.8 cm³/mol. The maximum atomic E-state index is 5.53. The summed E-state index contributed by atoms with van der Waals surface area (Å²) in [5, 5.41) is 2.65. The number of thiophene rings is 1. The van der Waals surface area contributed by atoms with Crippen molar-refractivity contribution in [3.05, 3.63) is 28.3 Å². The van der Waals surface area contributed by atoms with Gasteiger partial charge in [0.15, 0.2) is 0 Å². The van der Waals surface area contributed by atoms with Crippen LogP contribution in [-0.2, 0) is 0 Å². The van der Waals surface area contributed by atoms with Gasteiger partial charge in [-0.05, 0) is 13.0 Å². The molecule has 0 N–H and O–H groups in total. The summed E-state index contributed by atoms with van der Waals surface area (Å²) in [5.74, 6) is 0. The van der Waals surface area contributed by atoms with E-state index in [0.29, 0.717) is 0 Å². The van der Waals surface area contributed by atoms with Crippen molar-refractivity contribution in [2.24, 2.45) is 0 Å². The van der Waals surface area contributed by atoms with Crippen molar-refractivity contribution in [2.75, 3.05) is 0 Å². The quantitative estimate of drug-likeness (QED) is 0.508. The number of hydrogen-bond acceptors (Lipinski definition) is 1. The van der Waals surface area contributed by atoms with E-state index in [-0.39, 0.29) is 0 Å². The molecule has 0 fully saturated rings. The molecule has 1 radical (unpaired) electrons. The molecule has 1 heterocycles. The smallest absolute Gasteiger partial charge is 0.0515 e. The van der Waals surface area contributed by atoms with Crippen LogP contribution in [0.25, 0.3) is 0 Å². The number of hydrogen-bond donors (Lipinski definition) is 0. The van der Waals surface area contributed by atoms with E-state index < -0.39 is 0 Å². The normalized spacial score (nSPS) is 9.43. The lowest BCUT2D eigenvalue weighted by molar-refractivity contribution is 1.88. The highest BCUT2D eigenvalue weighted by atomic mass is 35.5. The van der Waals surface area contributed by atoms with E-state index in [1.54, 1.807) is 11.3 Å². The van der Waals surface area contributed by atoms with Crippen molar-refractivity contribution >= 4 is 22.9 Å². The molecule has 1 rings (SSSR count). The molecule has 1 aromatic heterocycles. The fraction of sp³-hybridized carbons (Fsp3) is 0. The minimum Gasteiger partial charge on any atom is -0.147 e. The molecule has 0 nitrogen and oxygen atoms in total. The van der Waals surface area contributed by atoms with Crippen LogP contribution in [0.2, 0.25) is 5.02 Å². The highest BCUT2D eigenvalue weighted by Crippen LogP contribution is 2.16. The lowest BCUT2D eigenvalue weighted by Crippen LogP contribution is -1.46. The molecule has 0 bridgehead atoms. The summed E-state index contributed by atoms with van der Waals surface area (Å²) in [5.41, 5.74) is 0. The van der Waals surface area contributed by atoms with Gasteiger partial charge in [-0.25, -0.2) is 0 Å². The number of halogens is 1. The van der Waals surface area contributed by atoms with Crippen molar-refractivity contribution < 1.29 is 0 Å². The van der Waals surface area contributed by atoms with Gasteiger partial charge in [0.25, 0.3) is 0 Å². The molecule has 0 aliphatic carbocycles. The molecular formula is C5H4ClS. The molecule has 0 amide bonds. The SMILES string of the molecule is [CH2]c1cc(Cl)cs1. The predicted octanol–water partition coefficient (Wildman–Crippen LogP) is 2.58. The van der Waals surface area contributed by atoms with Gasteiger partial charge in [0.05, 0.1) is 5.02 Å². The van der Waals surface area contributed by atoms with E-state index in [4.69, 9.17) is 11.6 Å². The van der Waals surface area contributed by atoms with Crippen molar-refractivity contribution in [1.82, 2.24) is 0 Å². The summed E-state index contributed by atoms with van der Waals surface area (Å²) >= 11 is 7.09. The third-order valence-electron chi connectivity index (χ3n) is 0.622. The zero-order chi connectivity index (χ0) is 5.28. The van der Waals surface area contributed by atoms with Gasteiger partial charge >= 0.3 is 0 Å². The molecule has 1 aromatic rings. The molecule has 0 aliphatic rings. The molecule has 0 atom stereocenters. The Hall–Kier alpha value is -0.0100. The Morgan fingerprint density at radius 2 is 2.43 bits per heavy atom. The Balaban J connectivity index is 3.04. The van der Waals surface area contributed by atoms with E-state index in [1.165, 1.54) is 0 Å². The molecule has 0 saturated carbocycles. The van der Waals surface area contributed by atoms with Crippen LogP contribution in [0.3, 0.4) is 0 Å². The maximum absolute atomic E-state index is 5.53. The van der Waals surface area contributed by atoms with E-state index in [2.05, 4.69) is 6.92 Å². The third-order valence-corrected chi connectivity index (χ3v) is 1.76. The molecule has 2 heteroatoms. The molecule has 7 heavy (non-hydrogen) atoms. The number of rotatable bonds is 0. The van der Waals surface area contributed by atoms with Crippen LogP contribution in [-0.4, -0.2) is 0 Å². The topological polar surface area (TPSA) is 0 Å². The summed E-state index contributed by atoms with van der Waals surface area (Å²) in [7, 11) is 0. The van der Waals surface area contributed by atoms with Crippen LogP contribution >= 0.6 is 22.9 Å². The average Bonchev–Trinajstić information content (AvgIpc) is 1.87. The van der Waals surface area contributed by atoms with E-state index in [9.17, 15) is 0 Å². The van der Waals surface area contributed by atoms with Gasteiger partial charge in [-0.1, -0.05) is 11.6 Å². The monoisotopic (exact) mass is 131 g/mol. The first kappa shape index (κ1) is 5.13. The van der Waals surface area contributed by atoms with Crippen molar-refractivity contribution in [3.63, 3.8) is 0 Å². The Morgan fingerprint density at radius 1 is 1.71 bits per heavy atom. The van der Waals surface area contributed by atoms with E-state index >= 15 is 0 Å². The van der Waals surface area contributed by atoms with Crippen molar-refractivity contribution in [3.8, 4) is 0 Å². The third kappa shape index (κ3) is 1.18. The first-order valence-electron chi connectivity index (χ1n) is 1.85. The van der Waals surface area contributed by atoms with Crippen molar-refractivity contribution in [1.29, 1.82) is 0 Å². The molecule has 37 valence electrons. The highest BCUT2D eigenvalue weighted by Gasteiger charge is 1.86. The summed E-state index contributed by atoms with van der Waals surface area (Å²) in [4.78, 5) is 1.02. The standard InChI is InChI=1S/C5H4ClS/c1-4-2-5(6)3-7-4/h2-3H,1H2. The highest BCUT2D eigenvalue weighted by molar-refractivity contribution is 7.10. The van der Waals surface area contributed by atoms with E-state index in [1.807, 2.05) is 11.4 Å². The van der Waals surface area contributed by atoms with Gasteiger partial charge in [-0.2, -0.15) is 0 Å². The van der Waals surface area contributed by atoms with Crippen LogP contribution in [0.4, 0.5) is 0 Å². The second kappa shape index (κ2) is 1.85.